The minimum Gasteiger partial charge on any atom is -0.362 e. The smallest absolute Gasteiger partial charge is 0.128 e. The summed E-state index contributed by atoms with van der Waals surface area (Å²) in [6.45, 7) is 4.92. The van der Waals surface area contributed by atoms with E-state index < -0.39 is 0 Å². The van der Waals surface area contributed by atoms with Gasteiger partial charge in [0.1, 0.15) is 5.82 Å². The van der Waals surface area contributed by atoms with Crippen molar-refractivity contribution >= 4 is 5.69 Å². The van der Waals surface area contributed by atoms with Crippen molar-refractivity contribution < 1.29 is 0 Å². The first kappa shape index (κ1) is 11.3. The van der Waals surface area contributed by atoms with E-state index in [2.05, 4.69) is 38.7 Å². The molecular formula is C14H18N4. The van der Waals surface area contributed by atoms with Crippen molar-refractivity contribution in [2.45, 2.75) is 26.1 Å². The van der Waals surface area contributed by atoms with Gasteiger partial charge >= 0.3 is 0 Å². The van der Waals surface area contributed by atoms with Crippen LogP contribution in [0.15, 0.2) is 36.7 Å². The zero-order valence-electron chi connectivity index (χ0n) is 10.6. The second-order valence-corrected chi connectivity index (χ2v) is 4.84. The van der Waals surface area contributed by atoms with Crippen LogP contribution in [0.2, 0.25) is 0 Å². The maximum absolute atomic E-state index is 5.86. The van der Waals surface area contributed by atoms with Gasteiger partial charge in [-0.25, -0.2) is 4.98 Å². The predicted octanol–water partition coefficient (Wildman–Crippen LogP) is 1.92. The summed E-state index contributed by atoms with van der Waals surface area (Å²) in [4.78, 5) is 6.73. The van der Waals surface area contributed by atoms with E-state index in [0.29, 0.717) is 0 Å². The predicted molar refractivity (Wildman–Crippen MR) is 72.3 cm³/mol. The molecule has 2 N–H and O–H groups in total. The molecule has 18 heavy (non-hydrogen) atoms. The number of hydrogen-bond donors (Lipinski definition) is 1. The van der Waals surface area contributed by atoms with Crippen molar-refractivity contribution in [3.8, 4) is 0 Å². The third kappa shape index (κ3) is 1.99. The van der Waals surface area contributed by atoms with Crippen LogP contribution in [0.25, 0.3) is 0 Å². The van der Waals surface area contributed by atoms with Crippen LogP contribution >= 0.6 is 0 Å². The van der Waals surface area contributed by atoms with Gasteiger partial charge in [0.2, 0.25) is 0 Å². The lowest BCUT2D eigenvalue weighted by Crippen LogP contribution is -2.33. The molecule has 4 nitrogen and oxygen atoms in total. The molecule has 0 aliphatic carbocycles. The van der Waals surface area contributed by atoms with Gasteiger partial charge in [-0.3, -0.25) is 0 Å². The van der Waals surface area contributed by atoms with E-state index in [1.807, 2.05) is 19.3 Å². The Morgan fingerprint density at radius 2 is 2.00 bits per heavy atom. The molecule has 1 aliphatic heterocycles. The van der Waals surface area contributed by atoms with Crippen LogP contribution in [-0.4, -0.2) is 16.1 Å². The van der Waals surface area contributed by atoms with E-state index >= 15 is 0 Å². The minimum absolute atomic E-state index is 0.0966. The molecule has 4 heteroatoms. The third-order valence-corrected chi connectivity index (χ3v) is 3.53. The van der Waals surface area contributed by atoms with Crippen LogP contribution in [0, 0.1) is 0 Å². The summed E-state index contributed by atoms with van der Waals surface area (Å²) in [6.07, 6.45) is 3.92. The molecule has 1 aromatic carbocycles. The average molecular weight is 242 g/mol. The SMILES string of the molecule is CC(N)c1ccc(N2CCn3ccnc3C2)cc1. The van der Waals surface area contributed by atoms with E-state index in [1.165, 1.54) is 11.3 Å². The molecule has 94 valence electrons. The van der Waals surface area contributed by atoms with Crippen molar-refractivity contribution in [2.24, 2.45) is 5.73 Å². The molecule has 1 aliphatic rings. The molecule has 2 heterocycles. The molecule has 0 saturated heterocycles. The van der Waals surface area contributed by atoms with E-state index in [-0.39, 0.29) is 6.04 Å². The highest BCUT2D eigenvalue weighted by Crippen LogP contribution is 2.22. The molecule has 1 aromatic heterocycles. The maximum Gasteiger partial charge on any atom is 0.128 e. The standard InChI is InChI=1S/C14H18N4/c1-11(15)12-2-4-13(5-3-12)18-9-8-17-7-6-16-14(17)10-18/h2-7,11H,8-10,15H2,1H3. The molecule has 1 unspecified atom stereocenters. The summed E-state index contributed by atoms with van der Waals surface area (Å²) in [5.74, 6) is 1.14. The molecule has 0 amide bonds. The molecule has 0 saturated carbocycles. The molecule has 1 atom stereocenters. The van der Waals surface area contributed by atoms with Crippen molar-refractivity contribution in [3.05, 3.63) is 48.0 Å². The lowest BCUT2D eigenvalue weighted by molar-refractivity contribution is 0.560. The summed E-state index contributed by atoms with van der Waals surface area (Å²) >= 11 is 0. The van der Waals surface area contributed by atoms with E-state index in [0.717, 1.165) is 25.5 Å². The van der Waals surface area contributed by atoms with Gasteiger partial charge in [0.25, 0.3) is 0 Å². The number of rotatable bonds is 2. The number of anilines is 1. The first-order valence-electron chi connectivity index (χ1n) is 6.34. The number of nitrogens with two attached hydrogens (primary N) is 1. The minimum atomic E-state index is 0.0966. The second-order valence-electron chi connectivity index (χ2n) is 4.84. The van der Waals surface area contributed by atoms with Gasteiger partial charge in [-0.05, 0) is 24.6 Å². The Balaban J connectivity index is 1.80. The fourth-order valence-corrected chi connectivity index (χ4v) is 2.38. The maximum atomic E-state index is 5.86. The van der Waals surface area contributed by atoms with Gasteiger partial charge in [0.05, 0.1) is 6.54 Å². The summed E-state index contributed by atoms with van der Waals surface area (Å²) < 4.78 is 2.22. The molecule has 2 aromatic rings. The van der Waals surface area contributed by atoms with Crippen LogP contribution in [0.1, 0.15) is 24.4 Å². The highest BCUT2D eigenvalue weighted by Gasteiger charge is 2.16. The lowest BCUT2D eigenvalue weighted by Gasteiger charge is -2.29. The Kier molecular flexibility index (Phi) is 2.80. The third-order valence-electron chi connectivity index (χ3n) is 3.53. The number of nitrogens with zero attached hydrogens (tertiary/aromatic N) is 3. The second kappa shape index (κ2) is 4.46. The number of benzene rings is 1. The summed E-state index contributed by atoms with van der Waals surface area (Å²) in [5, 5.41) is 0. The summed E-state index contributed by atoms with van der Waals surface area (Å²) in [7, 11) is 0. The summed E-state index contributed by atoms with van der Waals surface area (Å²) in [6, 6.07) is 8.62. The quantitative estimate of drug-likeness (QED) is 0.875. The normalized spacial score (nSPS) is 16.4. The summed E-state index contributed by atoms with van der Waals surface area (Å²) in [5.41, 5.74) is 8.29. The average Bonchev–Trinajstić information content (AvgIpc) is 2.86. The van der Waals surface area contributed by atoms with Crippen LogP contribution in [0.4, 0.5) is 5.69 Å². The van der Waals surface area contributed by atoms with Gasteiger partial charge in [-0.2, -0.15) is 0 Å². The first-order valence-corrected chi connectivity index (χ1v) is 6.34. The molecule has 3 rings (SSSR count). The Morgan fingerprint density at radius 3 is 2.72 bits per heavy atom. The number of imidazole rings is 1. The van der Waals surface area contributed by atoms with Crippen molar-refractivity contribution in [1.29, 1.82) is 0 Å². The monoisotopic (exact) mass is 242 g/mol. The molecule has 0 fully saturated rings. The van der Waals surface area contributed by atoms with Gasteiger partial charge in [-0.15, -0.1) is 0 Å². The lowest BCUT2D eigenvalue weighted by atomic mass is 10.1. The van der Waals surface area contributed by atoms with Crippen molar-refractivity contribution in [3.63, 3.8) is 0 Å². The van der Waals surface area contributed by atoms with Gasteiger partial charge in [-0.1, -0.05) is 12.1 Å². The Hall–Kier alpha value is -1.81. The van der Waals surface area contributed by atoms with Gasteiger partial charge in [0.15, 0.2) is 0 Å². The first-order chi connectivity index (χ1) is 8.74. The van der Waals surface area contributed by atoms with Gasteiger partial charge in [0, 0.05) is 37.2 Å². The fraction of sp³-hybridized carbons (Fsp3) is 0.357. The van der Waals surface area contributed by atoms with Crippen LogP contribution in [-0.2, 0) is 13.1 Å². The van der Waals surface area contributed by atoms with Crippen LogP contribution in [0.3, 0.4) is 0 Å². The Bertz CT molecular complexity index is 527. The molecule has 0 radical (unpaired) electrons. The molecule has 0 spiro atoms. The number of fused-ring (bicyclic) bond motifs is 1. The topological polar surface area (TPSA) is 47.1 Å². The highest BCUT2D eigenvalue weighted by molar-refractivity contribution is 5.48. The van der Waals surface area contributed by atoms with E-state index in [9.17, 15) is 0 Å². The van der Waals surface area contributed by atoms with Gasteiger partial charge < -0.3 is 15.2 Å². The van der Waals surface area contributed by atoms with E-state index in [1.54, 1.807) is 0 Å². The molecule has 0 bridgehead atoms. The number of hydrogen-bond acceptors (Lipinski definition) is 3. The largest absolute Gasteiger partial charge is 0.362 e. The van der Waals surface area contributed by atoms with Crippen LogP contribution in [0.5, 0.6) is 0 Å². The van der Waals surface area contributed by atoms with Crippen molar-refractivity contribution in [2.75, 3.05) is 11.4 Å². The van der Waals surface area contributed by atoms with Crippen LogP contribution < -0.4 is 10.6 Å². The highest BCUT2D eigenvalue weighted by atomic mass is 15.2. The molecular weight excluding hydrogens is 224 g/mol. The van der Waals surface area contributed by atoms with E-state index in [4.69, 9.17) is 5.73 Å². The number of aromatic nitrogens is 2. The Labute approximate surface area is 107 Å². The zero-order valence-corrected chi connectivity index (χ0v) is 10.6. The van der Waals surface area contributed by atoms with Crippen molar-refractivity contribution in [1.82, 2.24) is 9.55 Å². The zero-order chi connectivity index (χ0) is 12.5. The Morgan fingerprint density at radius 1 is 1.22 bits per heavy atom. The fourth-order valence-electron chi connectivity index (χ4n) is 2.38.